The summed E-state index contributed by atoms with van der Waals surface area (Å²) in [6.45, 7) is 2.43. The summed E-state index contributed by atoms with van der Waals surface area (Å²) in [5.74, 6) is 0.232. The number of carbonyl (C=O) groups is 1. The average Bonchev–Trinajstić information content (AvgIpc) is 3.12. The lowest BCUT2D eigenvalue weighted by Gasteiger charge is -2.16. The summed E-state index contributed by atoms with van der Waals surface area (Å²) in [5.41, 5.74) is 1.41. The third-order valence-electron chi connectivity index (χ3n) is 4.10. The average molecular weight is 377 g/mol. The van der Waals surface area contributed by atoms with Crippen LogP contribution in [0.25, 0.3) is 0 Å². The maximum absolute atomic E-state index is 13.7. The first-order chi connectivity index (χ1) is 12.6. The number of carboxylic acids is 1. The molecular weight excluding hydrogens is 357 g/mol. The van der Waals surface area contributed by atoms with Crippen LogP contribution < -0.4 is 19.9 Å². The van der Waals surface area contributed by atoms with Crippen molar-refractivity contribution in [1.29, 1.82) is 0 Å². The molecule has 3 rings (SSSR count). The van der Waals surface area contributed by atoms with Crippen molar-refractivity contribution in [3.05, 3.63) is 59.4 Å². The molecular formula is C19H20FNO4S. The molecule has 0 aliphatic carbocycles. The van der Waals surface area contributed by atoms with Crippen LogP contribution in [0.3, 0.4) is 0 Å². The molecule has 2 aromatic rings. The van der Waals surface area contributed by atoms with Crippen molar-refractivity contribution in [2.75, 3.05) is 12.4 Å². The van der Waals surface area contributed by atoms with Gasteiger partial charge in [0.15, 0.2) is 16.9 Å². The molecule has 0 radical (unpaired) electrons. The summed E-state index contributed by atoms with van der Waals surface area (Å²) < 4.78 is 25.1. The highest BCUT2D eigenvalue weighted by Crippen LogP contribution is 2.35. The number of carboxylic acid groups (broad SMARTS) is 1. The second-order valence-corrected chi connectivity index (χ2v) is 7.07. The highest BCUT2D eigenvalue weighted by atomic mass is 32.2. The molecule has 1 fully saturated rings. The van der Waals surface area contributed by atoms with Crippen LogP contribution in [0.4, 0.5) is 4.39 Å². The van der Waals surface area contributed by atoms with Crippen LogP contribution >= 0.6 is 11.8 Å². The molecule has 138 valence electrons. The molecule has 26 heavy (non-hydrogen) atoms. The van der Waals surface area contributed by atoms with E-state index < -0.39 is 12.0 Å². The summed E-state index contributed by atoms with van der Waals surface area (Å²) in [5, 5.41) is 12.8. The monoisotopic (exact) mass is 377 g/mol. The lowest BCUT2D eigenvalue weighted by atomic mass is 10.2. The molecule has 0 saturated carbocycles. The van der Waals surface area contributed by atoms with Crippen molar-refractivity contribution in [2.24, 2.45) is 0 Å². The number of quaternary nitrogens is 1. The van der Waals surface area contributed by atoms with Gasteiger partial charge in [-0.25, -0.2) is 4.39 Å². The fraction of sp³-hybridized carbons (Fsp3) is 0.316. The van der Waals surface area contributed by atoms with Crippen LogP contribution in [-0.2, 0) is 11.4 Å². The molecule has 1 saturated heterocycles. The Morgan fingerprint density at radius 3 is 2.77 bits per heavy atom. The zero-order valence-corrected chi connectivity index (χ0v) is 15.1. The van der Waals surface area contributed by atoms with Gasteiger partial charge in [-0.2, -0.15) is 0 Å². The fourth-order valence-corrected chi connectivity index (χ4v) is 4.05. The Labute approximate surface area is 155 Å². The van der Waals surface area contributed by atoms with Gasteiger partial charge in [0.2, 0.25) is 0 Å². The third-order valence-corrected chi connectivity index (χ3v) is 5.44. The van der Waals surface area contributed by atoms with E-state index in [-0.39, 0.29) is 17.8 Å². The van der Waals surface area contributed by atoms with Gasteiger partial charge in [-0.15, -0.1) is 0 Å². The number of nitrogens with two attached hydrogens (primary N) is 1. The van der Waals surface area contributed by atoms with E-state index in [2.05, 4.69) is 0 Å². The standard InChI is InChI=1S/C19H20FNO4S/c1-2-24-17-9-12(18-21-15(11-26-18)19(22)23)7-8-16(17)25-10-13-5-3-4-6-14(13)20/h3-9,15,18,21H,2,10-11H2,1H3,(H,22,23)/t15-,18+/m1/s1. The topological polar surface area (TPSA) is 75.2 Å². The molecule has 1 heterocycles. The summed E-state index contributed by atoms with van der Waals surface area (Å²) in [6.07, 6.45) is 0. The summed E-state index contributed by atoms with van der Waals surface area (Å²) in [7, 11) is 0. The van der Waals surface area contributed by atoms with Crippen LogP contribution in [0.15, 0.2) is 42.5 Å². The Bertz CT molecular complexity index is 786. The molecule has 2 atom stereocenters. The number of hydrogen-bond donors (Lipinski definition) is 1. The third kappa shape index (κ3) is 4.28. The maximum atomic E-state index is 13.7. The molecule has 1 aliphatic rings. The highest BCUT2D eigenvalue weighted by molar-refractivity contribution is 7.99. The van der Waals surface area contributed by atoms with Crippen LogP contribution in [0.2, 0.25) is 0 Å². The number of thioether (sulfide) groups is 1. The second-order valence-electron chi connectivity index (χ2n) is 5.89. The van der Waals surface area contributed by atoms with Gasteiger partial charge in [0.05, 0.1) is 12.4 Å². The van der Waals surface area contributed by atoms with Crippen LogP contribution in [0, 0.1) is 5.82 Å². The van der Waals surface area contributed by atoms with E-state index >= 15 is 0 Å². The first-order valence-electron chi connectivity index (χ1n) is 8.39. The number of halogens is 1. The van der Waals surface area contributed by atoms with E-state index in [4.69, 9.17) is 9.47 Å². The highest BCUT2D eigenvalue weighted by Gasteiger charge is 2.31. The number of hydrogen-bond acceptors (Lipinski definition) is 5. The minimum Gasteiger partial charge on any atom is -0.544 e. The van der Waals surface area contributed by atoms with Crippen LogP contribution in [0.5, 0.6) is 11.5 Å². The Morgan fingerprint density at radius 2 is 2.08 bits per heavy atom. The first kappa shape index (κ1) is 18.5. The lowest BCUT2D eigenvalue weighted by Crippen LogP contribution is -2.90. The van der Waals surface area contributed by atoms with Crippen LogP contribution in [-0.4, -0.2) is 24.4 Å². The van der Waals surface area contributed by atoms with Crippen molar-refractivity contribution < 1.29 is 29.1 Å². The summed E-state index contributed by atoms with van der Waals surface area (Å²) >= 11 is 1.55. The normalized spacial score (nSPS) is 19.3. The Kier molecular flexibility index (Phi) is 6.00. The zero-order chi connectivity index (χ0) is 18.5. The predicted octanol–water partition coefficient (Wildman–Crippen LogP) is 1.23. The van der Waals surface area contributed by atoms with Crippen molar-refractivity contribution in [1.82, 2.24) is 0 Å². The van der Waals surface area contributed by atoms with Gasteiger partial charge in [0, 0.05) is 11.1 Å². The molecule has 1 aliphatic heterocycles. The van der Waals surface area contributed by atoms with Gasteiger partial charge in [-0.05, 0) is 31.2 Å². The molecule has 0 spiro atoms. The van der Waals surface area contributed by atoms with Gasteiger partial charge < -0.3 is 24.7 Å². The van der Waals surface area contributed by atoms with Gasteiger partial charge >= 0.3 is 0 Å². The van der Waals surface area contributed by atoms with Gasteiger partial charge in [0.1, 0.15) is 24.4 Å². The molecule has 0 amide bonds. The van der Waals surface area contributed by atoms with Crippen molar-refractivity contribution in [3.63, 3.8) is 0 Å². The number of aliphatic carboxylic acids is 1. The van der Waals surface area contributed by atoms with Gasteiger partial charge in [0.25, 0.3) is 0 Å². The first-order valence-corrected chi connectivity index (χ1v) is 9.43. The zero-order valence-electron chi connectivity index (χ0n) is 14.3. The minimum absolute atomic E-state index is 0.0299. The molecule has 2 aromatic carbocycles. The minimum atomic E-state index is -1.05. The Hall–Kier alpha value is -2.25. The van der Waals surface area contributed by atoms with E-state index in [0.29, 0.717) is 29.4 Å². The fourth-order valence-electron chi connectivity index (χ4n) is 2.74. The van der Waals surface area contributed by atoms with Crippen molar-refractivity contribution in [3.8, 4) is 11.5 Å². The van der Waals surface area contributed by atoms with Crippen molar-refractivity contribution >= 4 is 17.7 Å². The Morgan fingerprint density at radius 1 is 1.27 bits per heavy atom. The van der Waals surface area contributed by atoms with Gasteiger partial charge in [-0.1, -0.05) is 30.0 Å². The van der Waals surface area contributed by atoms with Crippen molar-refractivity contribution in [2.45, 2.75) is 24.9 Å². The molecule has 0 unspecified atom stereocenters. The molecule has 0 aromatic heterocycles. The van der Waals surface area contributed by atoms with E-state index in [1.807, 2.05) is 19.1 Å². The quantitative estimate of drug-likeness (QED) is 0.786. The number of rotatable bonds is 7. The molecule has 7 heteroatoms. The number of benzene rings is 2. The largest absolute Gasteiger partial charge is 0.544 e. The smallest absolute Gasteiger partial charge is 0.161 e. The summed E-state index contributed by atoms with van der Waals surface area (Å²) in [6, 6.07) is 11.4. The number of carbonyl (C=O) groups excluding carboxylic acids is 1. The lowest BCUT2D eigenvalue weighted by molar-refractivity contribution is -0.690. The van der Waals surface area contributed by atoms with E-state index in [9.17, 15) is 14.3 Å². The van der Waals surface area contributed by atoms with Crippen LogP contribution in [0.1, 0.15) is 23.4 Å². The molecule has 2 N–H and O–H groups in total. The SMILES string of the molecule is CCOc1cc([C@H]2[NH2+][C@@H](C(=O)[O-])CS2)ccc1OCc1ccccc1F. The summed E-state index contributed by atoms with van der Waals surface area (Å²) in [4.78, 5) is 11.0. The predicted molar refractivity (Wildman–Crippen MR) is 94.3 cm³/mol. The van der Waals surface area contributed by atoms with E-state index in [1.165, 1.54) is 6.07 Å². The molecule has 0 bridgehead atoms. The maximum Gasteiger partial charge on any atom is 0.161 e. The van der Waals surface area contributed by atoms with Gasteiger partial charge in [-0.3, -0.25) is 0 Å². The Balaban J connectivity index is 1.74. The molecule has 5 nitrogen and oxygen atoms in total. The second kappa shape index (κ2) is 8.42. The van der Waals surface area contributed by atoms with E-state index in [0.717, 1.165) is 5.56 Å². The number of ether oxygens (including phenoxy) is 2. The van der Waals surface area contributed by atoms with E-state index in [1.54, 1.807) is 41.3 Å².